The third-order valence-electron chi connectivity index (χ3n) is 3.98. The minimum absolute atomic E-state index is 0.281. The first-order valence-electron chi connectivity index (χ1n) is 7.63. The molecule has 0 radical (unpaired) electrons. The van der Waals surface area contributed by atoms with Crippen molar-refractivity contribution in [3.63, 3.8) is 0 Å². The van der Waals surface area contributed by atoms with E-state index in [2.05, 4.69) is 0 Å². The van der Waals surface area contributed by atoms with Gasteiger partial charge in [-0.2, -0.15) is 0 Å². The third kappa shape index (κ3) is 4.50. The molecule has 0 spiro atoms. The molecule has 1 aliphatic heterocycles. The van der Waals surface area contributed by atoms with E-state index in [0.717, 1.165) is 5.56 Å². The lowest BCUT2D eigenvalue weighted by molar-refractivity contribution is -0.313. The van der Waals surface area contributed by atoms with E-state index in [4.69, 9.17) is 28.4 Å². The quantitative estimate of drug-likeness (QED) is 0.724. The van der Waals surface area contributed by atoms with E-state index in [0.29, 0.717) is 13.2 Å². The fourth-order valence-electron chi connectivity index (χ4n) is 2.86. The number of benzene rings is 1. The van der Waals surface area contributed by atoms with Gasteiger partial charge < -0.3 is 28.4 Å². The van der Waals surface area contributed by atoms with Gasteiger partial charge in [0.15, 0.2) is 6.29 Å². The van der Waals surface area contributed by atoms with Gasteiger partial charge in [0.1, 0.15) is 24.4 Å². The molecule has 0 bridgehead atoms. The largest absolute Gasteiger partial charge is 0.382 e. The first-order valence-corrected chi connectivity index (χ1v) is 7.63. The predicted octanol–water partition coefficient (Wildman–Crippen LogP) is 1.62. The van der Waals surface area contributed by atoms with Crippen LogP contribution in [0.25, 0.3) is 0 Å². The van der Waals surface area contributed by atoms with Crippen molar-refractivity contribution in [2.24, 2.45) is 0 Å². The van der Waals surface area contributed by atoms with E-state index >= 15 is 0 Å². The predicted molar refractivity (Wildman–Crippen MR) is 84.2 cm³/mol. The molecule has 6 heteroatoms. The summed E-state index contributed by atoms with van der Waals surface area (Å²) in [5.74, 6) is 0. The first-order chi connectivity index (χ1) is 11.2. The lowest BCUT2D eigenvalue weighted by Crippen LogP contribution is -2.61. The van der Waals surface area contributed by atoms with Crippen LogP contribution in [0.4, 0.5) is 0 Å². The van der Waals surface area contributed by atoms with E-state index < -0.39 is 12.4 Å². The van der Waals surface area contributed by atoms with Gasteiger partial charge in [0, 0.05) is 28.4 Å². The van der Waals surface area contributed by atoms with Gasteiger partial charge in [-0.05, 0) is 5.56 Å². The van der Waals surface area contributed by atoms with E-state index in [1.165, 1.54) is 0 Å². The number of hydrogen-bond acceptors (Lipinski definition) is 6. The zero-order chi connectivity index (χ0) is 16.7. The molecule has 2 rings (SSSR count). The van der Waals surface area contributed by atoms with Gasteiger partial charge in [0.25, 0.3) is 0 Å². The zero-order valence-electron chi connectivity index (χ0n) is 14.1. The van der Waals surface area contributed by atoms with Crippen LogP contribution in [-0.4, -0.2) is 65.8 Å². The molecule has 0 aromatic heterocycles. The van der Waals surface area contributed by atoms with E-state index in [1.54, 1.807) is 28.4 Å². The van der Waals surface area contributed by atoms with Gasteiger partial charge in [-0.25, -0.2) is 0 Å². The highest BCUT2D eigenvalue weighted by Gasteiger charge is 2.47. The van der Waals surface area contributed by atoms with Crippen LogP contribution in [-0.2, 0) is 35.0 Å². The average Bonchev–Trinajstić information content (AvgIpc) is 2.60. The summed E-state index contributed by atoms with van der Waals surface area (Å²) in [6.45, 7) is 0.837. The Morgan fingerprint density at radius 3 is 2.13 bits per heavy atom. The van der Waals surface area contributed by atoms with Gasteiger partial charge in [-0.3, -0.25) is 0 Å². The van der Waals surface area contributed by atoms with Crippen molar-refractivity contribution in [3.8, 4) is 0 Å². The van der Waals surface area contributed by atoms with Crippen LogP contribution in [0.3, 0.4) is 0 Å². The monoisotopic (exact) mass is 326 g/mol. The van der Waals surface area contributed by atoms with Gasteiger partial charge in [0.2, 0.25) is 0 Å². The van der Waals surface area contributed by atoms with Crippen molar-refractivity contribution in [3.05, 3.63) is 35.9 Å². The highest BCUT2D eigenvalue weighted by atomic mass is 16.7. The zero-order valence-corrected chi connectivity index (χ0v) is 14.1. The maximum absolute atomic E-state index is 6.04. The lowest BCUT2D eigenvalue weighted by atomic mass is 9.98. The molecule has 0 unspecified atom stereocenters. The number of hydrogen-bond donors (Lipinski definition) is 0. The molecule has 0 saturated carbocycles. The smallest absolute Gasteiger partial charge is 0.186 e. The Balaban J connectivity index is 2.10. The van der Waals surface area contributed by atoms with E-state index in [1.807, 2.05) is 30.3 Å². The fraction of sp³-hybridized carbons (Fsp3) is 0.647. The molecular weight excluding hydrogens is 300 g/mol. The molecule has 0 aliphatic carbocycles. The average molecular weight is 326 g/mol. The molecular formula is C17H26O6. The molecule has 5 atom stereocenters. The van der Waals surface area contributed by atoms with E-state index in [9.17, 15) is 0 Å². The summed E-state index contributed by atoms with van der Waals surface area (Å²) in [6.07, 6.45) is -1.84. The van der Waals surface area contributed by atoms with Crippen LogP contribution >= 0.6 is 0 Å². The first kappa shape index (κ1) is 18.3. The Hall–Kier alpha value is -1.02. The van der Waals surface area contributed by atoms with Crippen LogP contribution in [0.2, 0.25) is 0 Å². The van der Waals surface area contributed by atoms with Crippen molar-refractivity contribution in [1.82, 2.24) is 0 Å². The lowest BCUT2D eigenvalue weighted by Gasteiger charge is -2.44. The van der Waals surface area contributed by atoms with Crippen LogP contribution in [0.1, 0.15) is 5.56 Å². The maximum atomic E-state index is 6.04. The fourth-order valence-corrected chi connectivity index (χ4v) is 2.86. The van der Waals surface area contributed by atoms with Crippen LogP contribution in [0.15, 0.2) is 30.3 Å². The summed E-state index contributed by atoms with van der Waals surface area (Å²) in [7, 11) is 6.48. The van der Waals surface area contributed by atoms with Crippen molar-refractivity contribution in [2.45, 2.75) is 37.3 Å². The molecule has 0 N–H and O–H groups in total. The highest BCUT2D eigenvalue weighted by Crippen LogP contribution is 2.28. The van der Waals surface area contributed by atoms with Gasteiger partial charge in [-0.15, -0.1) is 0 Å². The van der Waals surface area contributed by atoms with Gasteiger partial charge in [0.05, 0.1) is 13.2 Å². The Labute approximate surface area is 137 Å². The number of ether oxygens (including phenoxy) is 6. The van der Waals surface area contributed by atoms with Crippen LogP contribution in [0, 0.1) is 0 Å². The second kappa shape index (κ2) is 9.32. The summed E-state index contributed by atoms with van der Waals surface area (Å²) in [4.78, 5) is 0. The summed E-state index contributed by atoms with van der Waals surface area (Å²) in [5.41, 5.74) is 1.07. The molecule has 6 nitrogen and oxygen atoms in total. The van der Waals surface area contributed by atoms with Gasteiger partial charge >= 0.3 is 0 Å². The molecule has 1 aliphatic rings. The minimum atomic E-state index is -0.546. The van der Waals surface area contributed by atoms with Crippen LogP contribution in [0.5, 0.6) is 0 Å². The Kier molecular flexibility index (Phi) is 7.42. The minimum Gasteiger partial charge on any atom is -0.382 e. The topological polar surface area (TPSA) is 55.4 Å². The Morgan fingerprint density at radius 1 is 0.870 bits per heavy atom. The standard InChI is InChI=1S/C17H26O6/c1-18-11-13-14(19-2)15(20-3)16(17(21-4)23-13)22-10-12-8-6-5-7-9-12/h5-9,13-17H,10-11H2,1-4H3/t13-,14-,15+,16-,17-/m1/s1. The second-order valence-electron chi connectivity index (χ2n) is 5.40. The highest BCUT2D eigenvalue weighted by molar-refractivity contribution is 5.13. The molecule has 130 valence electrons. The van der Waals surface area contributed by atoms with E-state index in [-0.39, 0.29) is 18.3 Å². The van der Waals surface area contributed by atoms with Crippen LogP contribution < -0.4 is 0 Å². The molecule has 1 heterocycles. The Morgan fingerprint density at radius 2 is 1.57 bits per heavy atom. The molecule has 1 fully saturated rings. The summed E-state index contributed by atoms with van der Waals surface area (Å²) in [6, 6.07) is 9.94. The third-order valence-corrected chi connectivity index (χ3v) is 3.98. The molecule has 1 aromatic carbocycles. The maximum Gasteiger partial charge on any atom is 0.186 e. The second-order valence-corrected chi connectivity index (χ2v) is 5.40. The van der Waals surface area contributed by atoms with Crippen molar-refractivity contribution in [2.75, 3.05) is 35.0 Å². The van der Waals surface area contributed by atoms with Crippen molar-refractivity contribution >= 4 is 0 Å². The summed E-state index contributed by atoms with van der Waals surface area (Å²) in [5, 5.41) is 0. The Bertz CT molecular complexity index is 440. The van der Waals surface area contributed by atoms with Crippen molar-refractivity contribution in [1.29, 1.82) is 0 Å². The molecule has 1 aromatic rings. The normalized spacial score (nSPS) is 31.2. The van der Waals surface area contributed by atoms with Gasteiger partial charge in [-0.1, -0.05) is 30.3 Å². The number of rotatable bonds is 8. The summed E-state index contributed by atoms with van der Waals surface area (Å²) >= 11 is 0. The molecule has 0 amide bonds. The van der Waals surface area contributed by atoms with Crippen molar-refractivity contribution < 1.29 is 28.4 Å². The summed E-state index contributed by atoms with van der Waals surface area (Å²) < 4.78 is 33.8. The molecule has 23 heavy (non-hydrogen) atoms. The number of methoxy groups -OCH3 is 4. The SMILES string of the molecule is COC[C@H]1O[C@@H](OC)[C@H](OCc2ccccc2)[C@@H](OC)[C@@H]1OC. The molecule has 1 saturated heterocycles.